The van der Waals surface area contributed by atoms with E-state index in [1.165, 1.54) is 22.8 Å². The minimum absolute atomic E-state index is 0.122. The van der Waals surface area contributed by atoms with Crippen LogP contribution in [0, 0.1) is 0 Å². The fourth-order valence-corrected chi connectivity index (χ4v) is 4.77. The van der Waals surface area contributed by atoms with Crippen LogP contribution in [-0.2, 0) is 25.8 Å². The van der Waals surface area contributed by atoms with E-state index in [2.05, 4.69) is 0 Å². The molecule has 2 aromatic heterocycles. The molecule has 0 fully saturated rings. The highest BCUT2D eigenvalue weighted by Crippen LogP contribution is 2.37. The average molecular weight is 551 g/mol. The lowest BCUT2D eigenvalue weighted by atomic mass is 10.1. The predicted octanol–water partition coefficient (Wildman–Crippen LogP) is 3.96. The highest BCUT2D eigenvalue weighted by atomic mass is 35.5. The molecule has 1 N–H and O–H groups in total. The van der Waals surface area contributed by atoms with E-state index in [-0.39, 0.29) is 11.4 Å². The molecule has 0 spiro atoms. The van der Waals surface area contributed by atoms with Gasteiger partial charge in [0.1, 0.15) is 5.56 Å². The predicted molar refractivity (Wildman–Crippen MR) is 135 cm³/mol. The summed E-state index contributed by atoms with van der Waals surface area (Å²) in [6, 6.07) is 7.87. The molecular weight excluding hydrogens is 529 g/mol. The lowest BCUT2D eigenvalue weighted by Crippen LogP contribution is -2.42. The molecule has 0 unspecified atom stereocenters. The highest BCUT2D eigenvalue weighted by molar-refractivity contribution is 6.31. The molecule has 4 aromatic rings. The van der Waals surface area contributed by atoms with Crippen LogP contribution >= 0.6 is 11.6 Å². The Hall–Kier alpha value is -4.06. The van der Waals surface area contributed by atoms with E-state index in [4.69, 9.17) is 11.6 Å². The molecule has 9 nitrogen and oxygen atoms in total. The average Bonchev–Trinajstić information content (AvgIpc) is 3.10. The number of carboxylic acid groups (broad SMARTS) is 1. The highest BCUT2D eigenvalue weighted by Gasteiger charge is 2.36. The molecule has 2 aromatic carbocycles. The molecule has 2 heterocycles. The summed E-state index contributed by atoms with van der Waals surface area (Å²) in [5, 5.41) is 8.99. The Labute approximate surface area is 217 Å². The van der Waals surface area contributed by atoms with Crippen LogP contribution in [0.25, 0.3) is 16.7 Å². The number of hydrogen-bond acceptors (Lipinski definition) is 4. The molecule has 200 valence electrons. The third-order valence-electron chi connectivity index (χ3n) is 6.16. The molecule has 0 aliphatic rings. The van der Waals surface area contributed by atoms with E-state index < -0.39 is 51.7 Å². The second kappa shape index (κ2) is 10.0. The molecule has 0 radical (unpaired) electrons. The fraction of sp³-hybridized carbons (Fsp3) is 0.280. The van der Waals surface area contributed by atoms with Crippen molar-refractivity contribution in [3.8, 4) is 5.69 Å². The van der Waals surface area contributed by atoms with Gasteiger partial charge in [-0.3, -0.25) is 23.1 Å². The maximum atomic E-state index is 13.7. The summed E-state index contributed by atoms with van der Waals surface area (Å²) in [4.78, 5) is 51.0. The number of carbonyl (C=O) groups is 1. The Morgan fingerprint density at radius 3 is 2.29 bits per heavy atom. The molecule has 0 saturated carbocycles. The first kappa shape index (κ1) is 27.0. The maximum absolute atomic E-state index is 13.7. The largest absolute Gasteiger partial charge is 0.477 e. The Balaban J connectivity index is 1.98. The van der Waals surface area contributed by atoms with Gasteiger partial charge in [0.2, 0.25) is 0 Å². The molecule has 0 amide bonds. The van der Waals surface area contributed by atoms with Crippen molar-refractivity contribution in [3.05, 3.63) is 95.6 Å². The molecule has 4 rings (SSSR count). The van der Waals surface area contributed by atoms with E-state index in [0.29, 0.717) is 35.1 Å². The number of fused-ring (bicyclic) bond motifs is 1. The minimum atomic E-state index is -4.89. The van der Waals surface area contributed by atoms with Gasteiger partial charge in [-0.15, -0.1) is 0 Å². The van der Waals surface area contributed by atoms with Gasteiger partial charge in [0.05, 0.1) is 33.9 Å². The number of nitrogens with zero attached hydrogens (tertiary/aromatic N) is 4. The van der Waals surface area contributed by atoms with Gasteiger partial charge < -0.3 is 5.11 Å². The molecule has 0 atom stereocenters. The second-order valence-corrected chi connectivity index (χ2v) is 8.92. The van der Waals surface area contributed by atoms with Gasteiger partial charge in [0.15, 0.2) is 0 Å². The molecule has 0 aliphatic heterocycles. The first-order valence-corrected chi connectivity index (χ1v) is 12.0. The molecule has 0 saturated heterocycles. The van der Waals surface area contributed by atoms with E-state index in [9.17, 15) is 37.5 Å². The van der Waals surface area contributed by atoms with Crippen LogP contribution in [0.15, 0.2) is 57.0 Å². The summed E-state index contributed by atoms with van der Waals surface area (Å²) < 4.78 is 45.4. The Bertz CT molecular complexity index is 1750. The zero-order valence-electron chi connectivity index (χ0n) is 20.3. The maximum Gasteiger partial charge on any atom is 0.418 e. The van der Waals surface area contributed by atoms with E-state index >= 15 is 0 Å². The van der Waals surface area contributed by atoms with Crippen molar-refractivity contribution >= 4 is 28.6 Å². The minimum Gasteiger partial charge on any atom is -0.477 e. The van der Waals surface area contributed by atoms with Crippen molar-refractivity contribution in [2.45, 2.75) is 46.1 Å². The van der Waals surface area contributed by atoms with Gasteiger partial charge in [-0.05, 0) is 43.2 Å². The number of benzene rings is 2. The molecule has 13 heteroatoms. The number of hydrogen-bond donors (Lipinski definition) is 1. The van der Waals surface area contributed by atoms with E-state index in [0.717, 1.165) is 22.9 Å². The number of aromatic nitrogens is 4. The smallest absolute Gasteiger partial charge is 0.418 e. The first-order valence-electron chi connectivity index (χ1n) is 11.6. The summed E-state index contributed by atoms with van der Waals surface area (Å²) in [7, 11) is 0. The van der Waals surface area contributed by atoms with Crippen molar-refractivity contribution < 1.29 is 23.1 Å². The van der Waals surface area contributed by atoms with Crippen LogP contribution in [0.2, 0.25) is 5.02 Å². The summed E-state index contributed by atoms with van der Waals surface area (Å²) in [5.74, 6) is -1.67. The van der Waals surface area contributed by atoms with Crippen molar-refractivity contribution in [1.29, 1.82) is 0 Å². The number of rotatable bonds is 7. The zero-order valence-corrected chi connectivity index (χ0v) is 21.0. The zero-order chi connectivity index (χ0) is 27.9. The standard InChI is InChI=1S/C25H22ClF3N4O5/c1-3-10-31-18-9-8-15(11-19(18)30(4-2)23(31)37)32-13-16(22(35)36)21(34)33(24(32)38)12-14-6-5-7-17(26)20(14)25(27,28)29/h5-9,11,13H,3-4,10,12H2,1-2H3,(H,35,36). The van der Waals surface area contributed by atoms with Gasteiger partial charge in [0, 0.05) is 19.3 Å². The monoisotopic (exact) mass is 550 g/mol. The van der Waals surface area contributed by atoms with Crippen LogP contribution in [0.3, 0.4) is 0 Å². The Morgan fingerprint density at radius 1 is 0.974 bits per heavy atom. The first-order chi connectivity index (χ1) is 17.9. The number of carboxylic acids is 1. The van der Waals surface area contributed by atoms with Gasteiger partial charge in [-0.25, -0.2) is 14.4 Å². The van der Waals surface area contributed by atoms with Crippen molar-refractivity contribution in [1.82, 2.24) is 18.3 Å². The fourth-order valence-electron chi connectivity index (χ4n) is 4.46. The summed E-state index contributed by atoms with van der Waals surface area (Å²) >= 11 is 5.78. The number of aryl methyl sites for hydroxylation is 2. The van der Waals surface area contributed by atoms with Crippen molar-refractivity contribution in [3.63, 3.8) is 0 Å². The lowest BCUT2D eigenvalue weighted by Gasteiger charge is -2.17. The number of halogens is 4. The van der Waals surface area contributed by atoms with E-state index in [1.807, 2.05) is 6.92 Å². The number of alkyl halides is 3. The van der Waals surface area contributed by atoms with Crippen molar-refractivity contribution in [2.75, 3.05) is 0 Å². The third-order valence-corrected chi connectivity index (χ3v) is 6.47. The number of aromatic carboxylic acids is 1. The lowest BCUT2D eigenvalue weighted by molar-refractivity contribution is -0.138. The number of imidazole rings is 1. The van der Waals surface area contributed by atoms with Crippen molar-refractivity contribution in [2.24, 2.45) is 0 Å². The van der Waals surface area contributed by atoms with Gasteiger partial charge in [-0.2, -0.15) is 13.2 Å². The third kappa shape index (κ3) is 4.55. The second-order valence-electron chi connectivity index (χ2n) is 8.52. The molecule has 0 bridgehead atoms. The molecular formula is C25H22ClF3N4O5. The molecule has 38 heavy (non-hydrogen) atoms. The van der Waals surface area contributed by atoms with Crippen LogP contribution in [0.1, 0.15) is 41.8 Å². The normalized spacial score (nSPS) is 11.8. The SMILES string of the molecule is CCCn1c(=O)n(CC)c2cc(-n3cc(C(=O)O)c(=O)n(Cc4cccc(Cl)c4C(F)(F)F)c3=O)ccc21. The van der Waals surface area contributed by atoms with Crippen LogP contribution < -0.4 is 16.9 Å². The quantitative estimate of drug-likeness (QED) is 0.375. The van der Waals surface area contributed by atoms with E-state index in [1.54, 1.807) is 17.6 Å². The summed E-state index contributed by atoms with van der Waals surface area (Å²) in [6.45, 7) is 3.58. The van der Waals surface area contributed by atoms with Crippen LogP contribution in [-0.4, -0.2) is 29.3 Å². The molecule has 0 aliphatic carbocycles. The van der Waals surface area contributed by atoms with Gasteiger partial charge in [-0.1, -0.05) is 30.7 Å². The van der Waals surface area contributed by atoms with Gasteiger partial charge >= 0.3 is 23.5 Å². The summed E-state index contributed by atoms with van der Waals surface area (Å²) in [6.07, 6.45) is -3.37. The topological polar surface area (TPSA) is 108 Å². The van der Waals surface area contributed by atoms with Crippen LogP contribution in [0.4, 0.5) is 13.2 Å². The van der Waals surface area contributed by atoms with Gasteiger partial charge in [0.25, 0.3) is 5.56 Å². The summed E-state index contributed by atoms with van der Waals surface area (Å²) in [5.41, 5.74) is -3.94. The Morgan fingerprint density at radius 2 is 1.68 bits per heavy atom. The van der Waals surface area contributed by atoms with Crippen LogP contribution in [0.5, 0.6) is 0 Å². The Kier molecular flexibility index (Phi) is 7.11.